The van der Waals surface area contributed by atoms with Gasteiger partial charge in [0.1, 0.15) is 11.6 Å². The van der Waals surface area contributed by atoms with Crippen LogP contribution in [-0.2, 0) is 0 Å². The van der Waals surface area contributed by atoms with Gasteiger partial charge in [0.05, 0.1) is 6.61 Å². The smallest absolute Gasteiger partial charge is 0.123 e. The molecular formula is C16H23FO. The molecule has 0 aliphatic heterocycles. The molecule has 1 aliphatic carbocycles. The minimum Gasteiger partial charge on any atom is -0.494 e. The lowest BCUT2D eigenvalue weighted by molar-refractivity contribution is 0.244. The molecule has 1 saturated carbocycles. The fourth-order valence-corrected chi connectivity index (χ4v) is 2.71. The van der Waals surface area contributed by atoms with E-state index in [1.807, 2.05) is 0 Å². The summed E-state index contributed by atoms with van der Waals surface area (Å²) < 4.78 is 18.3. The molecule has 0 aromatic heterocycles. The van der Waals surface area contributed by atoms with Gasteiger partial charge in [-0.3, -0.25) is 0 Å². The van der Waals surface area contributed by atoms with E-state index in [4.69, 9.17) is 4.74 Å². The highest BCUT2D eigenvalue weighted by Crippen LogP contribution is 2.31. The minimum absolute atomic E-state index is 0.210. The number of halogens is 1. The van der Waals surface area contributed by atoms with Crippen molar-refractivity contribution in [2.24, 2.45) is 11.8 Å². The largest absolute Gasteiger partial charge is 0.494 e. The van der Waals surface area contributed by atoms with E-state index in [2.05, 4.69) is 6.92 Å². The van der Waals surface area contributed by atoms with Crippen LogP contribution in [0.3, 0.4) is 0 Å². The summed E-state index contributed by atoms with van der Waals surface area (Å²) in [4.78, 5) is 0. The van der Waals surface area contributed by atoms with Crippen molar-refractivity contribution in [3.05, 3.63) is 30.1 Å². The molecule has 0 saturated heterocycles. The highest BCUT2D eigenvalue weighted by Gasteiger charge is 2.17. The molecule has 1 aromatic carbocycles. The van der Waals surface area contributed by atoms with Crippen molar-refractivity contribution >= 4 is 0 Å². The van der Waals surface area contributed by atoms with E-state index in [1.165, 1.54) is 44.2 Å². The second kappa shape index (κ2) is 6.77. The lowest BCUT2D eigenvalue weighted by Crippen LogP contribution is -2.13. The Hall–Kier alpha value is -1.05. The molecule has 0 unspecified atom stereocenters. The third-order valence-corrected chi connectivity index (χ3v) is 3.97. The predicted octanol–water partition coefficient (Wildman–Crippen LogP) is 4.81. The quantitative estimate of drug-likeness (QED) is 0.681. The molecule has 1 nitrogen and oxygen atoms in total. The summed E-state index contributed by atoms with van der Waals surface area (Å²) in [6.07, 6.45) is 7.94. The molecule has 2 rings (SSSR count). The van der Waals surface area contributed by atoms with Crippen LogP contribution in [0.25, 0.3) is 0 Å². The van der Waals surface area contributed by atoms with E-state index in [9.17, 15) is 4.39 Å². The molecule has 2 heteroatoms. The Balaban J connectivity index is 1.60. The maximum Gasteiger partial charge on any atom is 0.123 e. The van der Waals surface area contributed by atoms with Crippen molar-refractivity contribution in [3.63, 3.8) is 0 Å². The van der Waals surface area contributed by atoms with Crippen LogP contribution < -0.4 is 4.74 Å². The standard InChI is InChI=1S/C16H23FO/c1-13-4-6-14(7-5-13)3-2-12-18-16-10-8-15(17)9-11-16/h8-11,13-14H,2-7,12H2,1H3/t13-,14-. The van der Waals surface area contributed by atoms with Gasteiger partial charge in [-0.1, -0.05) is 32.6 Å². The summed E-state index contributed by atoms with van der Waals surface area (Å²) in [5, 5.41) is 0. The van der Waals surface area contributed by atoms with Crippen LogP contribution >= 0.6 is 0 Å². The van der Waals surface area contributed by atoms with Gasteiger partial charge in [0.2, 0.25) is 0 Å². The SMILES string of the molecule is C[C@H]1CC[C@H](CCCOc2ccc(F)cc2)CC1. The third kappa shape index (κ3) is 4.32. The molecule has 100 valence electrons. The Labute approximate surface area is 109 Å². The van der Waals surface area contributed by atoms with Gasteiger partial charge >= 0.3 is 0 Å². The molecule has 0 heterocycles. The Bertz CT molecular complexity index is 339. The van der Waals surface area contributed by atoms with Gasteiger partial charge in [-0.25, -0.2) is 4.39 Å². The van der Waals surface area contributed by atoms with Crippen LogP contribution in [0.2, 0.25) is 0 Å². The predicted molar refractivity (Wildman–Crippen MR) is 72.3 cm³/mol. The van der Waals surface area contributed by atoms with Crippen molar-refractivity contribution in [2.45, 2.75) is 45.4 Å². The molecule has 0 spiro atoms. The van der Waals surface area contributed by atoms with Gasteiger partial charge in [-0.2, -0.15) is 0 Å². The molecule has 0 amide bonds. The van der Waals surface area contributed by atoms with Crippen molar-refractivity contribution in [3.8, 4) is 5.75 Å². The zero-order valence-electron chi connectivity index (χ0n) is 11.2. The van der Waals surface area contributed by atoms with Crippen molar-refractivity contribution in [1.29, 1.82) is 0 Å². The summed E-state index contributed by atoms with van der Waals surface area (Å²) >= 11 is 0. The monoisotopic (exact) mass is 250 g/mol. The Morgan fingerprint density at radius 1 is 1.11 bits per heavy atom. The molecule has 0 radical (unpaired) electrons. The van der Waals surface area contributed by atoms with Gasteiger partial charge in [0.25, 0.3) is 0 Å². The second-order valence-electron chi connectivity index (χ2n) is 5.57. The minimum atomic E-state index is -0.210. The van der Waals surface area contributed by atoms with Crippen LogP contribution in [0.5, 0.6) is 5.75 Å². The van der Waals surface area contributed by atoms with E-state index in [-0.39, 0.29) is 5.82 Å². The van der Waals surface area contributed by atoms with Gasteiger partial charge in [-0.15, -0.1) is 0 Å². The molecule has 1 fully saturated rings. The number of hydrogen-bond donors (Lipinski definition) is 0. The molecule has 0 bridgehead atoms. The lowest BCUT2D eigenvalue weighted by Gasteiger charge is -2.25. The van der Waals surface area contributed by atoms with Crippen molar-refractivity contribution in [2.75, 3.05) is 6.61 Å². The van der Waals surface area contributed by atoms with Gasteiger partial charge in [0.15, 0.2) is 0 Å². The molecule has 1 aliphatic rings. The Morgan fingerprint density at radius 2 is 1.78 bits per heavy atom. The van der Waals surface area contributed by atoms with Crippen LogP contribution in [0.1, 0.15) is 45.4 Å². The normalized spacial score (nSPS) is 23.9. The Kier molecular flexibility index (Phi) is 5.03. The van der Waals surface area contributed by atoms with Gasteiger partial charge < -0.3 is 4.74 Å². The fraction of sp³-hybridized carbons (Fsp3) is 0.625. The van der Waals surface area contributed by atoms with Crippen LogP contribution in [0, 0.1) is 17.7 Å². The summed E-state index contributed by atoms with van der Waals surface area (Å²) in [6.45, 7) is 3.10. The van der Waals surface area contributed by atoms with E-state index in [0.717, 1.165) is 30.6 Å². The average molecular weight is 250 g/mol. The van der Waals surface area contributed by atoms with Gasteiger partial charge in [0, 0.05) is 0 Å². The topological polar surface area (TPSA) is 9.23 Å². The van der Waals surface area contributed by atoms with E-state index >= 15 is 0 Å². The first kappa shape index (κ1) is 13.4. The summed E-state index contributed by atoms with van der Waals surface area (Å²) in [6, 6.07) is 6.27. The fourth-order valence-electron chi connectivity index (χ4n) is 2.71. The molecular weight excluding hydrogens is 227 g/mol. The highest BCUT2D eigenvalue weighted by molar-refractivity contribution is 5.21. The van der Waals surface area contributed by atoms with E-state index < -0.39 is 0 Å². The summed E-state index contributed by atoms with van der Waals surface area (Å²) in [5.41, 5.74) is 0. The first-order valence-electron chi connectivity index (χ1n) is 7.12. The number of rotatable bonds is 5. The summed E-state index contributed by atoms with van der Waals surface area (Å²) in [5.74, 6) is 2.39. The first-order valence-corrected chi connectivity index (χ1v) is 7.12. The molecule has 1 aromatic rings. The maximum absolute atomic E-state index is 12.7. The zero-order valence-corrected chi connectivity index (χ0v) is 11.2. The van der Waals surface area contributed by atoms with Crippen LogP contribution in [-0.4, -0.2) is 6.61 Å². The lowest BCUT2D eigenvalue weighted by atomic mass is 9.81. The van der Waals surface area contributed by atoms with E-state index in [0.29, 0.717) is 0 Å². The van der Waals surface area contributed by atoms with Gasteiger partial charge in [-0.05, 0) is 48.9 Å². The molecule has 18 heavy (non-hydrogen) atoms. The number of benzene rings is 1. The van der Waals surface area contributed by atoms with Crippen molar-refractivity contribution in [1.82, 2.24) is 0 Å². The third-order valence-electron chi connectivity index (χ3n) is 3.97. The number of hydrogen-bond acceptors (Lipinski definition) is 1. The maximum atomic E-state index is 12.7. The Morgan fingerprint density at radius 3 is 2.44 bits per heavy atom. The van der Waals surface area contributed by atoms with E-state index in [1.54, 1.807) is 12.1 Å². The molecule has 0 atom stereocenters. The number of ether oxygens (including phenoxy) is 1. The van der Waals surface area contributed by atoms with Crippen LogP contribution in [0.4, 0.5) is 4.39 Å². The highest BCUT2D eigenvalue weighted by atomic mass is 19.1. The summed E-state index contributed by atoms with van der Waals surface area (Å²) in [7, 11) is 0. The average Bonchev–Trinajstić information content (AvgIpc) is 2.39. The first-order chi connectivity index (χ1) is 8.74. The van der Waals surface area contributed by atoms with Crippen molar-refractivity contribution < 1.29 is 9.13 Å². The second-order valence-corrected chi connectivity index (χ2v) is 5.57. The zero-order chi connectivity index (χ0) is 12.8. The molecule has 0 N–H and O–H groups in total. The van der Waals surface area contributed by atoms with Crippen LogP contribution in [0.15, 0.2) is 24.3 Å².